The van der Waals surface area contributed by atoms with Crippen molar-refractivity contribution in [2.75, 3.05) is 6.26 Å². The zero-order valence-corrected chi connectivity index (χ0v) is 18.8. The van der Waals surface area contributed by atoms with E-state index in [1.54, 1.807) is 18.5 Å². The molecule has 0 atom stereocenters. The molecule has 0 unspecified atom stereocenters. The fraction of sp³-hybridized carbons (Fsp3) is 0.190. The van der Waals surface area contributed by atoms with E-state index in [-0.39, 0.29) is 16.4 Å². The van der Waals surface area contributed by atoms with Gasteiger partial charge in [0.25, 0.3) is 0 Å². The number of pyridine rings is 1. The van der Waals surface area contributed by atoms with Crippen LogP contribution in [0.4, 0.5) is 13.2 Å². The Hall–Kier alpha value is -3.05. The second-order valence-electron chi connectivity index (χ2n) is 7.30. The van der Waals surface area contributed by atoms with Gasteiger partial charge in [-0.1, -0.05) is 0 Å². The molecule has 0 radical (unpaired) electrons. The van der Waals surface area contributed by atoms with E-state index in [1.165, 1.54) is 23.5 Å². The van der Waals surface area contributed by atoms with Crippen LogP contribution in [0.15, 0.2) is 52.3 Å². The zero-order chi connectivity index (χ0) is 23.3. The third kappa shape index (κ3) is 4.17. The number of alkyl halides is 3. The average molecular weight is 479 g/mol. The van der Waals surface area contributed by atoms with Crippen LogP contribution in [0, 0.1) is 13.8 Å². The predicted molar refractivity (Wildman–Crippen MR) is 115 cm³/mol. The molecule has 166 valence electrons. The average Bonchev–Trinajstić information content (AvgIpc) is 3.38. The highest BCUT2D eigenvalue weighted by molar-refractivity contribution is 7.90. The topological polar surface area (TPSA) is 77.7 Å². The molecule has 11 heteroatoms. The number of benzene rings is 1. The first-order valence-corrected chi connectivity index (χ1v) is 12.1. The molecule has 0 amide bonds. The van der Waals surface area contributed by atoms with E-state index < -0.39 is 21.7 Å². The van der Waals surface area contributed by atoms with Crippen LogP contribution >= 0.6 is 11.3 Å². The maximum atomic E-state index is 13.5. The number of sulfone groups is 1. The standard InChI is InChI=1S/C21H17F3N4O2S2/c1-12-7-16(13(2)6-15(12)17-10-31-11-26-17)18-8-19(21(22,23)24)27-28(18)20-5-4-14(9-25-20)32(3,29)30/h4-11H,1-3H3. The van der Waals surface area contributed by atoms with E-state index in [1.807, 2.05) is 18.4 Å². The van der Waals surface area contributed by atoms with Crippen molar-refractivity contribution in [2.24, 2.45) is 0 Å². The summed E-state index contributed by atoms with van der Waals surface area (Å²) in [5, 5.41) is 5.64. The van der Waals surface area contributed by atoms with Gasteiger partial charge in [0.2, 0.25) is 0 Å². The molecule has 1 aromatic carbocycles. The Labute approximate surface area is 186 Å². The van der Waals surface area contributed by atoms with E-state index in [0.29, 0.717) is 5.56 Å². The third-order valence-electron chi connectivity index (χ3n) is 4.92. The zero-order valence-electron chi connectivity index (χ0n) is 17.2. The smallest absolute Gasteiger partial charge is 0.245 e. The number of aryl methyl sites for hydroxylation is 2. The first-order chi connectivity index (χ1) is 14.9. The number of rotatable bonds is 4. The van der Waals surface area contributed by atoms with Crippen LogP contribution in [0.3, 0.4) is 0 Å². The van der Waals surface area contributed by atoms with Crippen LogP contribution in [-0.2, 0) is 16.0 Å². The number of nitrogens with zero attached hydrogens (tertiary/aromatic N) is 4. The SMILES string of the molecule is Cc1cc(-c2cc(C(F)(F)F)nn2-c2ccc(S(C)(=O)=O)cn2)c(C)cc1-c1cscn1. The Kier molecular flexibility index (Phi) is 5.41. The molecular formula is C21H17F3N4O2S2. The Morgan fingerprint density at radius 1 is 1.00 bits per heavy atom. The molecule has 4 rings (SSSR count). The van der Waals surface area contributed by atoms with Gasteiger partial charge in [-0.25, -0.2) is 23.1 Å². The minimum Gasteiger partial charge on any atom is -0.245 e. The van der Waals surface area contributed by atoms with Crippen LogP contribution in [0.5, 0.6) is 0 Å². The van der Waals surface area contributed by atoms with Crippen LogP contribution in [0.1, 0.15) is 16.8 Å². The van der Waals surface area contributed by atoms with Gasteiger partial charge >= 0.3 is 6.18 Å². The van der Waals surface area contributed by atoms with Crippen molar-refractivity contribution in [3.8, 4) is 28.3 Å². The number of hydrogen-bond acceptors (Lipinski definition) is 6. The normalized spacial score (nSPS) is 12.3. The molecular weight excluding hydrogens is 461 g/mol. The lowest BCUT2D eigenvalue weighted by atomic mass is 9.96. The molecule has 3 aromatic heterocycles. The van der Waals surface area contributed by atoms with E-state index in [2.05, 4.69) is 15.1 Å². The fourth-order valence-corrected chi connectivity index (χ4v) is 4.43. The molecule has 0 saturated heterocycles. The van der Waals surface area contributed by atoms with Crippen LogP contribution in [-0.4, -0.2) is 34.4 Å². The third-order valence-corrected chi connectivity index (χ3v) is 6.61. The fourth-order valence-electron chi connectivity index (χ4n) is 3.32. The highest BCUT2D eigenvalue weighted by atomic mass is 32.2. The van der Waals surface area contributed by atoms with Crippen molar-refractivity contribution in [3.63, 3.8) is 0 Å². The molecule has 0 fully saturated rings. The number of halogens is 3. The second kappa shape index (κ2) is 7.82. The largest absolute Gasteiger partial charge is 0.435 e. The lowest BCUT2D eigenvalue weighted by Gasteiger charge is -2.13. The summed E-state index contributed by atoms with van der Waals surface area (Å²) in [6.07, 6.45) is -2.52. The van der Waals surface area contributed by atoms with E-state index in [9.17, 15) is 21.6 Å². The highest BCUT2D eigenvalue weighted by Gasteiger charge is 2.35. The minimum absolute atomic E-state index is 0.0364. The van der Waals surface area contributed by atoms with E-state index in [4.69, 9.17) is 0 Å². The van der Waals surface area contributed by atoms with Crippen molar-refractivity contribution in [2.45, 2.75) is 24.9 Å². The van der Waals surface area contributed by atoms with Crippen molar-refractivity contribution in [1.82, 2.24) is 19.7 Å². The van der Waals surface area contributed by atoms with Crippen LogP contribution < -0.4 is 0 Å². The first-order valence-electron chi connectivity index (χ1n) is 9.29. The van der Waals surface area contributed by atoms with Crippen molar-refractivity contribution in [3.05, 3.63) is 64.2 Å². The molecule has 0 bridgehead atoms. The van der Waals surface area contributed by atoms with Gasteiger partial charge in [-0.15, -0.1) is 11.3 Å². The number of aromatic nitrogens is 4. The lowest BCUT2D eigenvalue weighted by molar-refractivity contribution is -0.141. The van der Waals surface area contributed by atoms with Gasteiger partial charge in [-0.2, -0.15) is 18.3 Å². The summed E-state index contributed by atoms with van der Waals surface area (Å²) in [6.45, 7) is 3.66. The van der Waals surface area contributed by atoms with Crippen LogP contribution in [0.25, 0.3) is 28.3 Å². The summed E-state index contributed by atoms with van der Waals surface area (Å²) < 4.78 is 64.9. The maximum Gasteiger partial charge on any atom is 0.435 e. The summed E-state index contributed by atoms with van der Waals surface area (Å²) >= 11 is 1.46. The highest BCUT2D eigenvalue weighted by Crippen LogP contribution is 2.36. The molecule has 0 N–H and O–H groups in total. The molecule has 0 aliphatic carbocycles. The van der Waals surface area contributed by atoms with Gasteiger partial charge < -0.3 is 0 Å². The molecule has 3 heterocycles. The quantitative estimate of drug-likeness (QED) is 0.408. The summed E-state index contributed by atoms with van der Waals surface area (Å²) in [6, 6.07) is 7.27. The van der Waals surface area contributed by atoms with Crippen molar-refractivity contribution in [1.29, 1.82) is 0 Å². The molecule has 0 aliphatic rings. The first kappa shape index (κ1) is 22.2. The van der Waals surface area contributed by atoms with Gasteiger partial charge in [0.15, 0.2) is 21.3 Å². The molecule has 0 aliphatic heterocycles. The van der Waals surface area contributed by atoms with Crippen LogP contribution in [0.2, 0.25) is 0 Å². The maximum absolute atomic E-state index is 13.5. The molecule has 4 aromatic rings. The lowest BCUT2D eigenvalue weighted by Crippen LogP contribution is -2.08. The summed E-state index contributed by atoms with van der Waals surface area (Å²) in [5.74, 6) is 0.0727. The minimum atomic E-state index is -4.66. The summed E-state index contributed by atoms with van der Waals surface area (Å²) in [7, 11) is -3.50. The predicted octanol–water partition coefficient (Wildman–Crippen LogP) is 5.10. The van der Waals surface area contributed by atoms with Gasteiger partial charge in [0.05, 0.1) is 21.8 Å². The molecule has 6 nitrogen and oxygen atoms in total. The van der Waals surface area contributed by atoms with E-state index in [0.717, 1.165) is 45.6 Å². The Morgan fingerprint density at radius 2 is 1.69 bits per heavy atom. The summed E-state index contributed by atoms with van der Waals surface area (Å²) in [4.78, 5) is 8.33. The van der Waals surface area contributed by atoms with Crippen molar-refractivity contribution >= 4 is 21.2 Å². The number of thiazole rings is 1. The Morgan fingerprint density at radius 3 is 2.25 bits per heavy atom. The second-order valence-corrected chi connectivity index (χ2v) is 10.0. The molecule has 32 heavy (non-hydrogen) atoms. The van der Waals surface area contributed by atoms with Gasteiger partial charge in [0.1, 0.15) is 0 Å². The van der Waals surface area contributed by atoms with Gasteiger partial charge in [0, 0.05) is 29.0 Å². The monoisotopic (exact) mass is 478 g/mol. The molecule has 0 saturated carbocycles. The number of hydrogen-bond donors (Lipinski definition) is 0. The van der Waals surface area contributed by atoms with Gasteiger partial charge in [-0.05, 0) is 55.3 Å². The Balaban J connectivity index is 1.89. The van der Waals surface area contributed by atoms with Crippen molar-refractivity contribution < 1.29 is 21.6 Å². The summed E-state index contributed by atoms with van der Waals surface area (Å²) in [5.41, 5.74) is 4.67. The Bertz CT molecular complexity index is 1390. The van der Waals surface area contributed by atoms with E-state index >= 15 is 0 Å². The molecule has 0 spiro atoms. The van der Waals surface area contributed by atoms with Gasteiger partial charge in [-0.3, -0.25) is 0 Å².